The molecule has 2 atom stereocenters. The molecule has 0 radical (unpaired) electrons. The van der Waals surface area contributed by atoms with E-state index in [0.29, 0.717) is 0 Å². The lowest BCUT2D eigenvalue weighted by atomic mass is 10.3. The van der Waals surface area contributed by atoms with Crippen LogP contribution in [-0.2, 0) is 9.47 Å². The lowest BCUT2D eigenvalue weighted by Gasteiger charge is -2.19. The molecule has 0 spiro atoms. The summed E-state index contributed by atoms with van der Waals surface area (Å²) in [4.78, 5) is 0. The molecule has 0 N–H and O–H groups in total. The van der Waals surface area contributed by atoms with Gasteiger partial charge in [0, 0.05) is 6.61 Å². The minimum atomic E-state index is -0.0672. The normalized spacial score (nSPS) is 16.0. The Morgan fingerprint density at radius 1 is 1.25 bits per heavy atom. The molecule has 3 heteroatoms. The van der Waals surface area contributed by atoms with E-state index in [9.17, 15) is 0 Å². The van der Waals surface area contributed by atoms with Crippen molar-refractivity contribution < 1.29 is 9.47 Å². The first-order valence-electron chi connectivity index (χ1n) is 4.65. The van der Waals surface area contributed by atoms with Gasteiger partial charge in [0.15, 0.2) is 6.29 Å². The zero-order valence-electron chi connectivity index (χ0n) is 8.25. The van der Waals surface area contributed by atoms with Gasteiger partial charge in [0.1, 0.15) is 5.44 Å². The Morgan fingerprint density at radius 3 is 2.33 bits per heavy atom. The number of ether oxygens (including phenoxy) is 2. The van der Waals surface area contributed by atoms with E-state index in [4.69, 9.17) is 9.47 Å². The summed E-state index contributed by atoms with van der Waals surface area (Å²) in [6.07, 6.45) is 2.99. The molecule has 2 unspecified atom stereocenters. The second kappa shape index (κ2) is 7.90. The highest BCUT2D eigenvalue weighted by molar-refractivity contribution is 7.80. The van der Waals surface area contributed by atoms with Gasteiger partial charge in [-0.1, -0.05) is 20.3 Å². The van der Waals surface area contributed by atoms with Crippen molar-refractivity contribution >= 4 is 12.6 Å². The summed E-state index contributed by atoms with van der Waals surface area (Å²) in [6.45, 7) is 6.88. The fourth-order valence-electron chi connectivity index (χ4n) is 0.895. The van der Waals surface area contributed by atoms with Crippen LogP contribution < -0.4 is 0 Å². The van der Waals surface area contributed by atoms with Crippen LogP contribution >= 0.6 is 12.6 Å². The largest absolute Gasteiger partial charge is 0.353 e. The van der Waals surface area contributed by atoms with Crippen LogP contribution in [0.5, 0.6) is 0 Å². The van der Waals surface area contributed by atoms with Crippen molar-refractivity contribution in [3.05, 3.63) is 0 Å². The van der Waals surface area contributed by atoms with Crippen LogP contribution in [0.25, 0.3) is 0 Å². The highest BCUT2D eigenvalue weighted by Crippen LogP contribution is 2.09. The van der Waals surface area contributed by atoms with Crippen LogP contribution in [0, 0.1) is 0 Å². The van der Waals surface area contributed by atoms with Gasteiger partial charge in [0.2, 0.25) is 0 Å². The quantitative estimate of drug-likeness (QED) is 0.494. The summed E-state index contributed by atoms with van der Waals surface area (Å²) in [6, 6.07) is 0. The first kappa shape index (κ1) is 12.3. The van der Waals surface area contributed by atoms with Gasteiger partial charge in [0.25, 0.3) is 0 Å². The van der Waals surface area contributed by atoms with Crippen molar-refractivity contribution in [1.29, 1.82) is 0 Å². The Labute approximate surface area is 81.0 Å². The smallest absolute Gasteiger partial charge is 0.159 e. The van der Waals surface area contributed by atoms with Gasteiger partial charge < -0.3 is 9.47 Å². The molecule has 12 heavy (non-hydrogen) atoms. The van der Waals surface area contributed by atoms with Crippen LogP contribution in [0.4, 0.5) is 0 Å². The Hall–Kier alpha value is 0.270. The maximum absolute atomic E-state index is 5.47. The first-order valence-corrected chi connectivity index (χ1v) is 5.17. The van der Waals surface area contributed by atoms with Crippen molar-refractivity contribution in [2.75, 3.05) is 6.61 Å². The van der Waals surface area contributed by atoms with Crippen molar-refractivity contribution in [3.8, 4) is 0 Å². The number of rotatable bonds is 7. The third-order valence-corrected chi connectivity index (χ3v) is 1.50. The molecule has 0 fully saturated rings. The molecule has 2 nitrogen and oxygen atoms in total. The first-order chi connectivity index (χ1) is 5.70. The van der Waals surface area contributed by atoms with Gasteiger partial charge in [-0.15, -0.1) is 12.6 Å². The second-order valence-corrected chi connectivity index (χ2v) is 3.55. The molecule has 0 heterocycles. The van der Waals surface area contributed by atoms with E-state index >= 15 is 0 Å². The highest BCUT2D eigenvalue weighted by Gasteiger charge is 2.09. The van der Waals surface area contributed by atoms with Gasteiger partial charge >= 0.3 is 0 Å². The monoisotopic (exact) mass is 192 g/mol. The summed E-state index contributed by atoms with van der Waals surface area (Å²) in [5.74, 6) is 0. The van der Waals surface area contributed by atoms with Gasteiger partial charge in [-0.3, -0.25) is 0 Å². The van der Waals surface area contributed by atoms with Crippen molar-refractivity contribution in [2.45, 2.75) is 51.8 Å². The molecular formula is C9H20O2S. The molecule has 0 aliphatic carbocycles. The lowest BCUT2D eigenvalue weighted by Crippen LogP contribution is -2.20. The number of hydrogen-bond acceptors (Lipinski definition) is 3. The van der Waals surface area contributed by atoms with E-state index in [1.165, 1.54) is 0 Å². The van der Waals surface area contributed by atoms with Crippen molar-refractivity contribution in [1.82, 2.24) is 0 Å². The maximum atomic E-state index is 5.47. The maximum Gasteiger partial charge on any atom is 0.159 e. The van der Waals surface area contributed by atoms with Crippen LogP contribution in [-0.4, -0.2) is 18.3 Å². The minimum Gasteiger partial charge on any atom is -0.353 e. The van der Waals surface area contributed by atoms with Gasteiger partial charge in [-0.25, -0.2) is 0 Å². The average Bonchev–Trinajstić information content (AvgIpc) is 2.00. The van der Waals surface area contributed by atoms with Crippen LogP contribution in [0.15, 0.2) is 0 Å². The summed E-state index contributed by atoms with van der Waals surface area (Å²) in [5.41, 5.74) is -0.0431. The standard InChI is InChI=1S/C9H20O2S/c1-4-6-9(10-7-5-2)11-8(3)12/h8-9,12H,4-7H2,1-3H3. The number of thiol groups is 1. The number of hydrogen-bond donors (Lipinski definition) is 1. The molecule has 0 aromatic rings. The van der Waals surface area contributed by atoms with Crippen LogP contribution in [0.1, 0.15) is 40.0 Å². The fourth-order valence-corrected chi connectivity index (χ4v) is 1.03. The predicted molar refractivity (Wildman–Crippen MR) is 54.5 cm³/mol. The van der Waals surface area contributed by atoms with Crippen LogP contribution in [0.2, 0.25) is 0 Å². The molecule has 74 valence electrons. The topological polar surface area (TPSA) is 18.5 Å². The van der Waals surface area contributed by atoms with Crippen molar-refractivity contribution in [2.24, 2.45) is 0 Å². The van der Waals surface area contributed by atoms with E-state index in [1.807, 2.05) is 6.92 Å². The molecule has 0 saturated heterocycles. The molecule has 0 aromatic heterocycles. The second-order valence-electron chi connectivity index (χ2n) is 2.82. The van der Waals surface area contributed by atoms with E-state index in [0.717, 1.165) is 25.9 Å². The molecule has 0 saturated carbocycles. The summed E-state index contributed by atoms with van der Waals surface area (Å²) >= 11 is 4.15. The molecule has 0 rings (SSSR count). The third-order valence-electron chi connectivity index (χ3n) is 1.38. The zero-order chi connectivity index (χ0) is 9.40. The molecule has 0 amide bonds. The van der Waals surface area contributed by atoms with E-state index in [-0.39, 0.29) is 11.7 Å². The Balaban J connectivity index is 3.54. The summed E-state index contributed by atoms with van der Waals surface area (Å²) in [7, 11) is 0. The van der Waals surface area contributed by atoms with Gasteiger partial charge in [-0.2, -0.15) is 0 Å². The van der Waals surface area contributed by atoms with E-state index in [2.05, 4.69) is 26.5 Å². The van der Waals surface area contributed by atoms with Crippen molar-refractivity contribution in [3.63, 3.8) is 0 Å². The Kier molecular flexibility index (Phi) is 8.07. The molecular weight excluding hydrogens is 172 g/mol. The predicted octanol–water partition coefficient (Wildman–Crippen LogP) is 2.83. The Bertz CT molecular complexity index is 96.5. The van der Waals surface area contributed by atoms with E-state index < -0.39 is 0 Å². The zero-order valence-corrected chi connectivity index (χ0v) is 9.14. The fraction of sp³-hybridized carbons (Fsp3) is 1.00. The molecule has 0 aromatic carbocycles. The van der Waals surface area contributed by atoms with E-state index in [1.54, 1.807) is 0 Å². The summed E-state index contributed by atoms with van der Waals surface area (Å²) < 4.78 is 10.9. The molecule has 0 aliphatic rings. The summed E-state index contributed by atoms with van der Waals surface area (Å²) in [5, 5.41) is 0. The lowest BCUT2D eigenvalue weighted by molar-refractivity contribution is -0.150. The minimum absolute atomic E-state index is 0.0431. The van der Waals surface area contributed by atoms with Gasteiger partial charge in [0.05, 0.1) is 0 Å². The van der Waals surface area contributed by atoms with Gasteiger partial charge in [-0.05, 0) is 19.8 Å². The SMILES string of the molecule is CCCOC(CCC)OC(C)S. The van der Waals surface area contributed by atoms with Crippen LogP contribution in [0.3, 0.4) is 0 Å². The Morgan fingerprint density at radius 2 is 1.92 bits per heavy atom. The average molecular weight is 192 g/mol. The third kappa shape index (κ3) is 6.95. The molecule has 0 aliphatic heterocycles. The molecule has 0 bridgehead atoms. The highest BCUT2D eigenvalue weighted by atomic mass is 32.1.